The molecule has 0 spiro atoms. The lowest BCUT2D eigenvalue weighted by Gasteiger charge is -2.09. The molecule has 106 valence electrons. The van der Waals surface area contributed by atoms with Crippen molar-refractivity contribution in [3.8, 4) is 17.1 Å². The monoisotopic (exact) mass is 290 g/mol. The molecular formula is C16H19ClN2O. The van der Waals surface area contributed by atoms with Crippen molar-refractivity contribution in [3.05, 3.63) is 40.7 Å². The number of aromatic nitrogens is 2. The lowest BCUT2D eigenvalue weighted by molar-refractivity contribution is 0.271. The van der Waals surface area contributed by atoms with E-state index >= 15 is 0 Å². The molecule has 20 heavy (non-hydrogen) atoms. The molecule has 0 aliphatic rings. The molecule has 0 saturated carbocycles. The summed E-state index contributed by atoms with van der Waals surface area (Å²) in [6.07, 6.45) is 0. The Morgan fingerprint density at radius 1 is 1.10 bits per heavy atom. The van der Waals surface area contributed by atoms with Gasteiger partial charge in [-0.3, -0.25) is 0 Å². The minimum Gasteiger partial charge on any atom is -0.493 e. The molecule has 1 heterocycles. The highest BCUT2D eigenvalue weighted by molar-refractivity contribution is 6.30. The summed E-state index contributed by atoms with van der Waals surface area (Å²) in [6, 6.07) is 7.78. The Hall–Kier alpha value is -1.61. The summed E-state index contributed by atoms with van der Waals surface area (Å²) in [5.74, 6) is 2.02. The van der Waals surface area contributed by atoms with Gasteiger partial charge < -0.3 is 4.74 Å². The van der Waals surface area contributed by atoms with E-state index in [9.17, 15) is 0 Å². The number of nitrogens with zero attached hydrogens (tertiary/aromatic N) is 2. The fraction of sp³-hybridized carbons (Fsp3) is 0.375. The largest absolute Gasteiger partial charge is 0.493 e. The maximum Gasteiger partial charge on any atom is 0.161 e. The number of rotatable bonds is 4. The van der Waals surface area contributed by atoms with Crippen molar-refractivity contribution in [2.24, 2.45) is 5.92 Å². The fourth-order valence-corrected chi connectivity index (χ4v) is 1.90. The first-order valence-corrected chi connectivity index (χ1v) is 7.09. The van der Waals surface area contributed by atoms with Crippen LogP contribution < -0.4 is 4.74 Å². The van der Waals surface area contributed by atoms with Gasteiger partial charge in [-0.05, 0) is 44.0 Å². The molecule has 0 fully saturated rings. The zero-order chi connectivity index (χ0) is 14.7. The maximum absolute atomic E-state index is 6.11. The Morgan fingerprint density at radius 2 is 1.75 bits per heavy atom. The highest BCUT2D eigenvalue weighted by Crippen LogP contribution is 2.23. The summed E-state index contributed by atoms with van der Waals surface area (Å²) in [5.41, 5.74) is 2.76. The second-order valence-electron chi connectivity index (χ2n) is 5.28. The lowest BCUT2D eigenvalue weighted by Crippen LogP contribution is -2.04. The molecule has 1 aromatic carbocycles. The van der Waals surface area contributed by atoms with E-state index in [1.807, 2.05) is 38.1 Å². The van der Waals surface area contributed by atoms with Crippen LogP contribution in [0.3, 0.4) is 0 Å². The van der Waals surface area contributed by atoms with Gasteiger partial charge in [-0.15, -0.1) is 0 Å². The van der Waals surface area contributed by atoms with Crippen molar-refractivity contribution in [1.82, 2.24) is 9.97 Å². The standard InChI is InChI=1S/C16H19ClN2O/c1-10(2)9-20-14-7-5-13(6-8-14)16-18-12(4)11(3)15(17)19-16/h5-8,10H,9H2,1-4H3. The lowest BCUT2D eigenvalue weighted by atomic mass is 10.2. The zero-order valence-corrected chi connectivity index (χ0v) is 13.0. The van der Waals surface area contributed by atoms with Crippen LogP contribution in [0.5, 0.6) is 5.75 Å². The smallest absolute Gasteiger partial charge is 0.161 e. The molecule has 0 aliphatic carbocycles. The molecule has 2 rings (SSSR count). The van der Waals surface area contributed by atoms with E-state index in [0.717, 1.165) is 22.6 Å². The maximum atomic E-state index is 6.11. The van der Waals surface area contributed by atoms with Gasteiger partial charge in [0.25, 0.3) is 0 Å². The van der Waals surface area contributed by atoms with Crippen molar-refractivity contribution in [2.45, 2.75) is 27.7 Å². The average molecular weight is 291 g/mol. The molecule has 4 heteroatoms. The number of ether oxygens (including phenoxy) is 1. The second kappa shape index (κ2) is 6.23. The number of aryl methyl sites for hydroxylation is 1. The Morgan fingerprint density at radius 3 is 2.30 bits per heavy atom. The van der Waals surface area contributed by atoms with Crippen molar-refractivity contribution >= 4 is 11.6 Å². The van der Waals surface area contributed by atoms with E-state index in [2.05, 4.69) is 23.8 Å². The van der Waals surface area contributed by atoms with E-state index in [1.165, 1.54) is 0 Å². The Kier molecular flexibility index (Phi) is 4.61. The van der Waals surface area contributed by atoms with Crippen LogP contribution in [0.1, 0.15) is 25.1 Å². The second-order valence-corrected chi connectivity index (χ2v) is 5.64. The van der Waals surface area contributed by atoms with Gasteiger partial charge in [0.2, 0.25) is 0 Å². The minimum atomic E-state index is 0.507. The Bertz CT molecular complexity index is 571. The summed E-state index contributed by atoms with van der Waals surface area (Å²) in [4.78, 5) is 8.79. The predicted octanol–water partition coefficient (Wildman–Crippen LogP) is 4.45. The first-order chi connectivity index (χ1) is 9.47. The minimum absolute atomic E-state index is 0.507. The van der Waals surface area contributed by atoms with Crippen molar-refractivity contribution in [3.63, 3.8) is 0 Å². The normalized spacial score (nSPS) is 10.9. The molecule has 1 aromatic heterocycles. The molecule has 0 atom stereocenters. The van der Waals surface area contributed by atoms with Crippen LogP contribution in [-0.4, -0.2) is 16.6 Å². The van der Waals surface area contributed by atoms with E-state index < -0.39 is 0 Å². The first-order valence-electron chi connectivity index (χ1n) is 6.71. The molecule has 0 bridgehead atoms. The van der Waals surface area contributed by atoms with Crippen molar-refractivity contribution in [1.29, 1.82) is 0 Å². The Balaban J connectivity index is 2.22. The molecule has 0 aliphatic heterocycles. The quantitative estimate of drug-likeness (QED) is 0.780. The van der Waals surface area contributed by atoms with Crippen molar-refractivity contribution < 1.29 is 4.74 Å². The zero-order valence-electron chi connectivity index (χ0n) is 12.3. The molecule has 0 unspecified atom stereocenters. The van der Waals surface area contributed by atoms with Crippen LogP contribution in [0.25, 0.3) is 11.4 Å². The molecule has 3 nitrogen and oxygen atoms in total. The number of hydrogen-bond donors (Lipinski definition) is 0. The molecule has 0 N–H and O–H groups in total. The number of halogens is 1. The van der Waals surface area contributed by atoms with Crippen LogP contribution in [-0.2, 0) is 0 Å². The van der Waals surface area contributed by atoms with Gasteiger partial charge in [0.05, 0.1) is 6.61 Å². The van der Waals surface area contributed by atoms with Gasteiger partial charge >= 0.3 is 0 Å². The third-order valence-corrected chi connectivity index (χ3v) is 3.39. The summed E-state index contributed by atoms with van der Waals surface area (Å²) < 4.78 is 5.66. The predicted molar refractivity (Wildman–Crippen MR) is 82.3 cm³/mol. The van der Waals surface area contributed by atoms with Gasteiger partial charge in [0.1, 0.15) is 10.9 Å². The third-order valence-electron chi connectivity index (χ3n) is 3.03. The first kappa shape index (κ1) is 14.8. The van der Waals surface area contributed by atoms with Gasteiger partial charge in [-0.1, -0.05) is 25.4 Å². The van der Waals surface area contributed by atoms with Gasteiger partial charge in [-0.25, -0.2) is 9.97 Å². The van der Waals surface area contributed by atoms with Gasteiger partial charge in [0, 0.05) is 16.8 Å². The molecular weight excluding hydrogens is 272 g/mol. The SMILES string of the molecule is Cc1nc(-c2ccc(OCC(C)C)cc2)nc(Cl)c1C. The van der Waals surface area contributed by atoms with Crippen LogP contribution in [0.15, 0.2) is 24.3 Å². The van der Waals surface area contributed by atoms with Crippen LogP contribution in [0.4, 0.5) is 0 Å². The summed E-state index contributed by atoms with van der Waals surface area (Å²) >= 11 is 6.11. The molecule has 0 amide bonds. The van der Waals surface area contributed by atoms with Gasteiger partial charge in [-0.2, -0.15) is 0 Å². The fourth-order valence-electron chi connectivity index (χ4n) is 1.69. The Labute approximate surface area is 125 Å². The summed E-state index contributed by atoms with van der Waals surface area (Å²) in [5, 5.41) is 0.507. The van der Waals surface area contributed by atoms with E-state index in [1.54, 1.807) is 0 Å². The highest BCUT2D eigenvalue weighted by atomic mass is 35.5. The number of benzene rings is 1. The van der Waals surface area contributed by atoms with E-state index in [-0.39, 0.29) is 0 Å². The molecule has 0 radical (unpaired) electrons. The third kappa shape index (κ3) is 3.48. The number of hydrogen-bond acceptors (Lipinski definition) is 3. The van der Waals surface area contributed by atoms with E-state index in [4.69, 9.17) is 16.3 Å². The summed E-state index contributed by atoms with van der Waals surface area (Å²) in [7, 11) is 0. The molecule has 2 aromatic rings. The topological polar surface area (TPSA) is 35.0 Å². The van der Waals surface area contributed by atoms with Crippen LogP contribution in [0.2, 0.25) is 5.15 Å². The average Bonchev–Trinajstić information content (AvgIpc) is 2.42. The highest BCUT2D eigenvalue weighted by Gasteiger charge is 2.08. The van der Waals surface area contributed by atoms with Crippen LogP contribution in [0, 0.1) is 19.8 Å². The van der Waals surface area contributed by atoms with Crippen LogP contribution >= 0.6 is 11.6 Å². The van der Waals surface area contributed by atoms with Crippen molar-refractivity contribution in [2.75, 3.05) is 6.61 Å². The van der Waals surface area contributed by atoms with E-state index in [0.29, 0.717) is 23.5 Å². The molecule has 0 saturated heterocycles. The summed E-state index contributed by atoms with van der Waals surface area (Å²) in [6.45, 7) is 8.82. The van der Waals surface area contributed by atoms with Gasteiger partial charge in [0.15, 0.2) is 5.82 Å².